The first-order chi connectivity index (χ1) is 19.2. The summed E-state index contributed by atoms with van der Waals surface area (Å²) in [5.74, 6) is -0.123. The van der Waals surface area contributed by atoms with Crippen LogP contribution in [0.5, 0.6) is 0 Å². The summed E-state index contributed by atoms with van der Waals surface area (Å²) >= 11 is 0. The fourth-order valence-corrected chi connectivity index (χ4v) is 9.01. The average Bonchev–Trinajstić information content (AvgIpc) is 3.81. The van der Waals surface area contributed by atoms with Crippen molar-refractivity contribution in [3.63, 3.8) is 0 Å². The number of hydrogen-bond donors (Lipinski definition) is 0. The first-order valence-corrected chi connectivity index (χ1v) is 15.1. The van der Waals surface area contributed by atoms with E-state index in [4.69, 9.17) is 28.4 Å². The van der Waals surface area contributed by atoms with Crippen molar-refractivity contribution in [2.75, 3.05) is 46.1 Å². The Morgan fingerprint density at radius 1 is 1.10 bits per heavy atom. The summed E-state index contributed by atoms with van der Waals surface area (Å²) in [6.45, 7) is 10.2. The Hall–Kier alpha value is -2.01. The van der Waals surface area contributed by atoms with Crippen molar-refractivity contribution in [2.24, 2.45) is 23.2 Å². The molecular formula is C30H41NO9. The molecule has 0 bridgehead atoms. The fourth-order valence-electron chi connectivity index (χ4n) is 9.01. The maximum absolute atomic E-state index is 13.2. The first kappa shape index (κ1) is 26.9. The van der Waals surface area contributed by atoms with Gasteiger partial charge in [-0.3, -0.25) is 14.5 Å². The van der Waals surface area contributed by atoms with E-state index in [1.54, 1.807) is 0 Å². The van der Waals surface area contributed by atoms with Gasteiger partial charge in [-0.15, -0.1) is 0 Å². The molecule has 4 heterocycles. The van der Waals surface area contributed by atoms with Crippen LogP contribution in [0.25, 0.3) is 0 Å². The van der Waals surface area contributed by atoms with Crippen LogP contribution in [0.2, 0.25) is 0 Å². The van der Waals surface area contributed by atoms with Crippen LogP contribution >= 0.6 is 0 Å². The molecule has 0 aromatic heterocycles. The van der Waals surface area contributed by atoms with Gasteiger partial charge in [-0.25, -0.2) is 4.79 Å². The highest BCUT2D eigenvalue weighted by Crippen LogP contribution is 2.79. The molecule has 7 aliphatic rings. The number of carbonyl (C=O) groups is 3. The molecule has 0 aromatic rings. The van der Waals surface area contributed by atoms with E-state index in [1.807, 2.05) is 4.90 Å². The fraction of sp³-hybridized carbons (Fsp3) is 0.833. The number of morpholine rings is 1. The summed E-state index contributed by atoms with van der Waals surface area (Å²) in [6.07, 6.45) is 3.36. The van der Waals surface area contributed by atoms with Gasteiger partial charge in [0.05, 0.1) is 38.6 Å². The second-order valence-electron chi connectivity index (χ2n) is 13.3. The van der Waals surface area contributed by atoms with Crippen LogP contribution in [-0.4, -0.2) is 98.4 Å². The van der Waals surface area contributed by atoms with E-state index in [0.717, 1.165) is 43.5 Å². The molecule has 0 N–H and O–H groups in total. The molecule has 5 fully saturated rings. The van der Waals surface area contributed by atoms with Crippen molar-refractivity contribution in [1.29, 1.82) is 0 Å². The van der Waals surface area contributed by atoms with Gasteiger partial charge in [0, 0.05) is 36.4 Å². The smallest absolute Gasteiger partial charge is 0.334 e. The quantitative estimate of drug-likeness (QED) is 0.190. The van der Waals surface area contributed by atoms with Gasteiger partial charge >= 0.3 is 17.9 Å². The number of ether oxygens (including phenoxy) is 6. The number of hydrogen-bond acceptors (Lipinski definition) is 10. The third kappa shape index (κ3) is 3.78. The second kappa shape index (κ2) is 9.51. The number of fused-ring (bicyclic) bond motifs is 2. The molecule has 4 aliphatic heterocycles. The third-order valence-electron chi connectivity index (χ3n) is 11.1. The van der Waals surface area contributed by atoms with Crippen molar-refractivity contribution >= 4 is 17.9 Å². The Morgan fingerprint density at radius 2 is 1.90 bits per heavy atom. The van der Waals surface area contributed by atoms with Crippen molar-refractivity contribution in [1.82, 2.24) is 4.90 Å². The van der Waals surface area contributed by atoms with E-state index >= 15 is 0 Å². The number of rotatable bonds is 8. The largest absolute Gasteiger partial charge is 0.465 e. The lowest BCUT2D eigenvalue weighted by Crippen LogP contribution is -2.67. The lowest BCUT2D eigenvalue weighted by atomic mass is 9.46. The molecule has 10 heteroatoms. The Labute approximate surface area is 235 Å². The molecule has 8 unspecified atom stereocenters. The predicted octanol–water partition coefficient (Wildman–Crippen LogP) is 2.18. The molecule has 0 amide bonds. The minimum absolute atomic E-state index is 0.0682. The molecule has 3 saturated heterocycles. The van der Waals surface area contributed by atoms with Gasteiger partial charge in [0.15, 0.2) is 5.60 Å². The highest BCUT2D eigenvalue weighted by Gasteiger charge is 2.93. The second-order valence-corrected chi connectivity index (χ2v) is 13.3. The van der Waals surface area contributed by atoms with Crippen LogP contribution in [0, 0.1) is 23.2 Å². The summed E-state index contributed by atoms with van der Waals surface area (Å²) in [7, 11) is 0. The molecule has 7 rings (SSSR count). The van der Waals surface area contributed by atoms with Crippen LogP contribution in [0.3, 0.4) is 0 Å². The maximum Gasteiger partial charge on any atom is 0.334 e. The van der Waals surface area contributed by atoms with Crippen LogP contribution < -0.4 is 0 Å². The average molecular weight is 560 g/mol. The first-order valence-electron chi connectivity index (χ1n) is 15.1. The maximum atomic E-state index is 13.2. The molecule has 2 spiro atoms. The van der Waals surface area contributed by atoms with Gasteiger partial charge in [-0.1, -0.05) is 20.8 Å². The van der Waals surface area contributed by atoms with Crippen LogP contribution in [-0.2, 0) is 42.8 Å². The SMILES string of the molecule is CC(C)C1CC2OC23C2(C)CCC4=C(COC4=O)C2CC2OC23C1OC(=O)CCCOC(=O)CN1CCOCC1. The molecule has 220 valence electrons. The number of carbonyl (C=O) groups excluding carboxylic acids is 3. The van der Waals surface area contributed by atoms with Crippen molar-refractivity contribution in [3.8, 4) is 0 Å². The normalized spacial score (nSPS) is 43.1. The lowest BCUT2D eigenvalue weighted by molar-refractivity contribution is -0.169. The van der Waals surface area contributed by atoms with Crippen molar-refractivity contribution in [3.05, 3.63) is 11.1 Å². The molecule has 2 saturated carbocycles. The van der Waals surface area contributed by atoms with E-state index in [1.165, 1.54) is 0 Å². The minimum atomic E-state index is -0.641. The van der Waals surface area contributed by atoms with Crippen molar-refractivity contribution in [2.45, 2.75) is 88.8 Å². The van der Waals surface area contributed by atoms with Gasteiger partial charge in [-0.05, 0) is 49.5 Å². The zero-order valence-corrected chi connectivity index (χ0v) is 23.8. The number of esters is 3. The van der Waals surface area contributed by atoms with Gasteiger partial charge < -0.3 is 28.4 Å². The molecular weight excluding hydrogens is 518 g/mol. The number of cyclic esters (lactones) is 1. The highest BCUT2D eigenvalue weighted by atomic mass is 16.7. The van der Waals surface area contributed by atoms with E-state index in [2.05, 4.69) is 20.8 Å². The Bertz CT molecular complexity index is 1130. The summed E-state index contributed by atoms with van der Waals surface area (Å²) in [5.41, 5.74) is 0.627. The van der Waals surface area contributed by atoms with Gasteiger partial charge in [0.2, 0.25) is 0 Å². The van der Waals surface area contributed by atoms with Crippen LogP contribution in [0.1, 0.15) is 59.3 Å². The van der Waals surface area contributed by atoms with E-state index in [9.17, 15) is 14.4 Å². The van der Waals surface area contributed by atoms with E-state index in [-0.39, 0.29) is 73.0 Å². The topological polar surface area (TPSA) is 116 Å². The Kier molecular flexibility index (Phi) is 6.38. The highest BCUT2D eigenvalue weighted by molar-refractivity contribution is 5.92. The standard InChI is InChI=1S/C30H41NO9/c1-17(2)19-13-23-30(40-23)28(3)7-6-18-20(16-37-27(18)34)21(28)14-22-29(30,39-22)26(19)38-24(32)5-4-10-36-25(33)15-31-8-11-35-12-9-31/h17,19,21-23,26H,4-16H2,1-3H3. The minimum Gasteiger partial charge on any atom is -0.465 e. The zero-order valence-electron chi connectivity index (χ0n) is 23.8. The van der Waals surface area contributed by atoms with Gasteiger partial charge in [0.25, 0.3) is 0 Å². The zero-order chi connectivity index (χ0) is 27.9. The molecule has 8 atom stereocenters. The lowest BCUT2D eigenvalue weighted by Gasteiger charge is -2.54. The predicted molar refractivity (Wildman–Crippen MR) is 139 cm³/mol. The number of nitrogens with zero attached hydrogens (tertiary/aromatic N) is 1. The molecule has 0 radical (unpaired) electrons. The molecule has 40 heavy (non-hydrogen) atoms. The summed E-state index contributed by atoms with van der Waals surface area (Å²) < 4.78 is 35.8. The monoisotopic (exact) mass is 559 g/mol. The molecule has 10 nitrogen and oxygen atoms in total. The van der Waals surface area contributed by atoms with E-state index in [0.29, 0.717) is 38.6 Å². The number of epoxide rings is 2. The van der Waals surface area contributed by atoms with Gasteiger partial charge in [0.1, 0.15) is 18.3 Å². The third-order valence-corrected chi connectivity index (χ3v) is 11.1. The van der Waals surface area contributed by atoms with Gasteiger partial charge in [-0.2, -0.15) is 0 Å². The summed E-state index contributed by atoms with van der Waals surface area (Å²) in [4.78, 5) is 39.7. The van der Waals surface area contributed by atoms with Crippen molar-refractivity contribution < 1.29 is 42.8 Å². The van der Waals surface area contributed by atoms with Crippen LogP contribution in [0.4, 0.5) is 0 Å². The Morgan fingerprint density at radius 3 is 2.67 bits per heavy atom. The van der Waals surface area contributed by atoms with Crippen LogP contribution in [0.15, 0.2) is 11.1 Å². The summed E-state index contributed by atoms with van der Waals surface area (Å²) in [5, 5.41) is 0. The Balaban J connectivity index is 1.02. The van der Waals surface area contributed by atoms with E-state index < -0.39 is 11.2 Å². The summed E-state index contributed by atoms with van der Waals surface area (Å²) in [6, 6.07) is 0. The molecule has 0 aromatic carbocycles. The molecule has 3 aliphatic carbocycles.